The number of benzene rings is 2. The zero-order valence-corrected chi connectivity index (χ0v) is 14.6. The minimum atomic E-state index is -0.304. The second-order valence-electron chi connectivity index (χ2n) is 5.07. The SMILES string of the molecule is C[C@H](Sc1nnc(N)s1)C(=O)Nc1ccccc1-c1ccccc1. The summed E-state index contributed by atoms with van der Waals surface area (Å²) >= 11 is 2.62. The Hall–Kier alpha value is -2.38. The number of nitrogens with two attached hydrogens (primary N) is 1. The van der Waals surface area contributed by atoms with Gasteiger partial charge in [0.15, 0.2) is 4.34 Å². The van der Waals surface area contributed by atoms with Crippen molar-refractivity contribution in [3.63, 3.8) is 0 Å². The fourth-order valence-corrected chi connectivity index (χ4v) is 3.95. The van der Waals surface area contributed by atoms with Crippen LogP contribution in [0.5, 0.6) is 0 Å². The lowest BCUT2D eigenvalue weighted by atomic mass is 10.0. The lowest BCUT2D eigenvalue weighted by molar-refractivity contribution is -0.115. The molecule has 0 saturated carbocycles. The molecule has 0 unspecified atom stereocenters. The summed E-state index contributed by atoms with van der Waals surface area (Å²) in [6, 6.07) is 17.7. The van der Waals surface area contributed by atoms with Crippen LogP contribution in [0.2, 0.25) is 0 Å². The molecule has 2 aromatic carbocycles. The number of rotatable bonds is 5. The third kappa shape index (κ3) is 3.93. The van der Waals surface area contributed by atoms with Gasteiger partial charge in [0, 0.05) is 11.3 Å². The van der Waals surface area contributed by atoms with E-state index in [0.717, 1.165) is 16.8 Å². The van der Waals surface area contributed by atoms with Gasteiger partial charge in [-0.2, -0.15) is 0 Å². The molecule has 1 atom stereocenters. The van der Waals surface area contributed by atoms with Gasteiger partial charge in [0.2, 0.25) is 11.0 Å². The Balaban J connectivity index is 1.75. The van der Waals surface area contributed by atoms with Crippen LogP contribution >= 0.6 is 23.1 Å². The second kappa shape index (κ2) is 7.46. The molecule has 24 heavy (non-hydrogen) atoms. The molecule has 1 heterocycles. The predicted octanol–water partition coefficient (Wildman–Crippen LogP) is 3.91. The highest BCUT2D eigenvalue weighted by Crippen LogP contribution is 2.30. The smallest absolute Gasteiger partial charge is 0.237 e. The Kier molecular flexibility index (Phi) is 5.12. The Morgan fingerprint density at radius 2 is 1.83 bits per heavy atom. The van der Waals surface area contributed by atoms with Crippen molar-refractivity contribution in [3.05, 3.63) is 54.6 Å². The molecular formula is C17H16N4OS2. The molecule has 3 N–H and O–H groups in total. The number of para-hydroxylation sites is 1. The van der Waals surface area contributed by atoms with Gasteiger partial charge in [-0.1, -0.05) is 71.6 Å². The Bertz CT molecular complexity index is 835. The Morgan fingerprint density at radius 3 is 2.54 bits per heavy atom. The predicted molar refractivity (Wildman–Crippen MR) is 100 cm³/mol. The maximum Gasteiger partial charge on any atom is 0.237 e. The first-order valence-corrected chi connectivity index (χ1v) is 9.04. The maximum atomic E-state index is 12.5. The number of hydrogen-bond acceptors (Lipinski definition) is 6. The van der Waals surface area contributed by atoms with E-state index in [2.05, 4.69) is 15.5 Å². The Labute approximate surface area is 148 Å². The average Bonchev–Trinajstić information content (AvgIpc) is 3.01. The van der Waals surface area contributed by atoms with E-state index >= 15 is 0 Å². The highest BCUT2D eigenvalue weighted by Gasteiger charge is 2.18. The quantitative estimate of drug-likeness (QED) is 0.678. The van der Waals surface area contributed by atoms with Crippen molar-refractivity contribution in [1.29, 1.82) is 0 Å². The fourth-order valence-electron chi connectivity index (χ4n) is 2.17. The Morgan fingerprint density at radius 1 is 1.12 bits per heavy atom. The van der Waals surface area contributed by atoms with Crippen molar-refractivity contribution >= 4 is 39.8 Å². The van der Waals surface area contributed by atoms with E-state index in [9.17, 15) is 4.79 Å². The van der Waals surface area contributed by atoms with E-state index < -0.39 is 0 Å². The number of carbonyl (C=O) groups is 1. The van der Waals surface area contributed by atoms with E-state index in [-0.39, 0.29) is 11.2 Å². The van der Waals surface area contributed by atoms with Crippen LogP contribution in [0.3, 0.4) is 0 Å². The first-order chi connectivity index (χ1) is 11.6. The molecule has 3 aromatic rings. The zero-order chi connectivity index (χ0) is 16.9. The third-order valence-corrected chi connectivity index (χ3v) is 5.28. The van der Waals surface area contributed by atoms with Crippen LogP contribution in [-0.2, 0) is 4.79 Å². The van der Waals surface area contributed by atoms with Gasteiger partial charge >= 0.3 is 0 Å². The lowest BCUT2D eigenvalue weighted by Crippen LogP contribution is -2.22. The highest BCUT2D eigenvalue weighted by atomic mass is 32.2. The van der Waals surface area contributed by atoms with Crippen LogP contribution in [0.1, 0.15) is 6.92 Å². The van der Waals surface area contributed by atoms with Crippen molar-refractivity contribution in [2.24, 2.45) is 0 Å². The first-order valence-electron chi connectivity index (χ1n) is 7.34. The van der Waals surface area contributed by atoms with Crippen molar-refractivity contribution in [1.82, 2.24) is 10.2 Å². The minimum absolute atomic E-state index is 0.0860. The van der Waals surface area contributed by atoms with Gasteiger partial charge in [0.1, 0.15) is 0 Å². The molecule has 0 fully saturated rings. The number of anilines is 2. The molecular weight excluding hydrogens is 340 g/mol. The minimum Gasteiger partial charge on any atom is -0.374 e. The van der Waals surface area contributed by atoms with Crippen molar-refractivity contribution in [2.75, 3.05) is 11.1 Å². The molecule has 0 saturated heterocycles. The molecule has 0 radical (unpaired) electrons. The van der Waals surface area contributed by atoms with Crippen molar-refractivity contribution < 1.29 is 4.79 Å². The van der Waals surface area contributed by atoms with Crippen LogP contribution in [0, 0.1) is 0 Å². The fraction of sp³-hybridized carbons (Fsp3) is 0.118. The molecule has 5 nitrogen and oxygen atoms in total. The summed E-state index contributed by atoms with van der Waals surface area (Å²) in [5, 5.41) is 10.8. The number of hydrogen-bond donors (Lipinski definition) is 2. The molecule has 1 aromatic heterocycles. The van der Waals surface area contributed by atoms with Gasteiger partial charge < -0.3 is 11.1 Å². The summed E-state index contributed by atoms with van der Waals surface area (Å²) in [6.07, 6.45) is 0. The van der Waals surface area contributed by atoms with Gasteiger partial charge in [-0.3, -0.25) is 4.79 Å². The second-order valence-corrected chi connectivity index (χ2v) is 7.66. The van der Waals surface area contributed by atoms with Crippen molar-refractivity contribution in [3.8, 4) is 11.1 Å². The largest absolute Gasteiger partial charge is 0.374 e. The van der Waals surface area contributed by atoms with Crippen LogP contribution in [0.4, 0.5) is 10.8 Å². The highest BCUT2D eigenvalue weighted by molar-refractivity contribution is 8.02. The summed E-state index contributed by atoms with van der Waals surface area (Å²) in [5.41, 5.74) is 8.41. The average molecular weight is 356 g/mol. The molecule has 122 valence electrons. The van der Waals surface area contributed by atoms with Crippen molar-refractivity contribution in [2.45, 2.75) is 16.5 Å². The van der Waals surface area contributed by atoms with Crippen LogP contribution in [0.25, 0.3) is 11.1 Å². The molecule has 0 aliphatic heterocycles. The summed E-state index contributed by atoms with van der Waals surface area (Å²) in [7, 11) is 0. The number of aromatic nitrogens is 2. The van der Waals surface area contributed by atoms with Crippen LogP contribution in [-0.4, -0.2) is 21.4 Å². The number of carbonyl (C=O) groups excluding carboxylic acids is 1. The zero-order valence-electron chi connectivity index (χ0n) is 13.0. The summed E-state index contributed by atoms with van der Waals surface area (Å²) in [5.74, 6) is -0.0860. The van der Waals surface area contributed by atoms with Gasteiger partial charge in [-0.05, 0) is 18.6 Å². The molecule has 0 spiro atoms. The number of nitrogens with one attached hydrogen (secondary N) is 1. The van der Waals surface area contributed by atoms with Gasteiger partial charge in [0.05, 0.1) is 5.25 Å². The van der Waals surface area contributed by atoms with Gasteiger partial charge in [0.25, 0.3) is 0 Å². The van der Waals surface area contributed by atoms with E-state index in [0.29, 0.717) is 9.47 Å². The first kappa shape index (κ1) is 16.5. The molecule has 0 aliphatic rings. The van der Waals surface area contributed by atoms with Gasteiger partial charge in [-0.15, -0.1) is 10.2 Å². The monoisotopic (exact) mass is 356 g/mol. The molecule has 0 aliphatic carbocycles. The lowest BCUT2D eigenvalue weighted by Gasteiger charge is -2.14. The van der Waals surface area contributed by atoms with E-state index in [4.69, 9.17) is 5.73 Å². The molecule has 1 amide bonds. The van der Waals surface area contributed by atoms with Gasteiger partial charge in [-0.25, -0.2) is 0 Å². The summed E-state index contributed by atoms with van der Waals surface area (Å²) < 4.78 is 0.687. The summed E-state index contributed by atoms with van der Waals surface area (Å²) in [6.45, 7) is 1.84. The normalized spacial score (nSPS) is 11.9. The number of amides is 1. The van der Waals surface area contributed by atoms with E-state index in [1.165, 1.54) is 23.1 Å². The van der Waals surface area contributed by atoms with E-state index in [1.54, 1.807) is 0 Å². The summed E-state index contributed by atoms with van der Waals surface area (Å²) in [4.78, 5) is 12.5. The third-order valence-electron chi connectivity index (χ3n) is 3.34. The van der Waals surface area contributed by atoms with E-state index in [1.807, 2.05) is 61.5 Å². The standard InChI is InChI=1S/C17H16N4OS2/c1-11(23-17-21-20-16(18)24-17)15(22)19-14-10-6-5-9-13(14)12-7-3-2-4-8-12/h2-11H,1H3,(H2,18,20)(H,19,22)/t11-/m0/s1. The molecule has 7 heteroatoms. The topological polar surface area (TPSA) is 80.9 Å². The number of thioether (sulfide) groups is 1. The maximum absolute atomic E-state index is 12.5. The number of nitrogen functional groups attached to an aromatic ring is 1. The van der Waals surface area contributed by atoms with Crippen LogP contribution in [0.15, 0.2) is 58.9 Å². The van der Waals surface area contributed by atoms with Crippen LogP contribution < -0.4 is 11.1 Å². The molecule has 0 bridgehead atoms. The molecule has 3 rings (SSSR count). The number of nitrogens with zero attached hydrogens (tertiary/aromatic N) is 2.